The quantitative estimate of drug-likeness (QED) is 0.846. The van der Waals surface area contributed by atoms with Crippen LogP contribution in [0.5, 0.6) is 0 Å². The molecule has 15 heavy (non-hydrogen) atoms. The van der Waals surface area contributed by atoms with Gasteiger partial charge in [0.2, 0.25) is 0 Å². The fourth-order valence-corrected chi connectivity index (χ4v) is 2.44. The molecule has 1 aliphatic carbocycles. The van der Waals surface area contributed by atoms with Gasteiger partial charge < -0.3 is 5.32 Å². The van der Waals surface area contributed by atoms with Gasteiger partial charge in [0.1, 0.15) is 0 Å². The molecule has 2 rings (SSSR count). The summed E-state index contributed by atoms with van der Waals surface area (Å²) < 4.78 is 0. The lowest BCUT2D eigenvalue weighted by Gasteiger charge is -2.12. The van der Waals surface area contributed by atoms with Crippen LogP contribution < -0.4 is 5.32 Å². The van der Waals surface area contributed by atoms with E-state index < -0.39 is 0 Å². The minimum Gasteiger partial charge on any atom is -0.310 e. The smallest absolute Gasteiger partial charge is 0.0451 e. The summed E-state index contributed by atoms with van der Waals surface area (Å²) in [6, 6.07) is 6.28. The highest BCUT2D eigenvalue weighted by Gasteiger charge is 2.14. The first-order chi connectivity index (χ1) is 7.25. The van der Waals surface area contributed by atoms with Crippen LogP contribution in [-0.4, -0.2) is 6.04 Å². The largest absolute Gasteiger partial charge is 0.310 e. The summed E-state index contributed by atoms with van der Waals surface area (Å²) in [4.78, 5) is 0. The zero-order valence-corrected chi connectivity index (χ0v) is 10.1. The normalized spacial score (nSPS) is 17.2. The van der Waals surface area contributed by atoms with Crippen molar-refractivity contribution in [1.82, 2.24) is 5.32 Å². The van der Waals surface area contributed by atoms with Gasteiger partial charge in [-0.2, -0.15) is 0 Å². The molecule has 0 heterocycles. The molecule has 0 amide bonds. The molecule has 0 unspecified atom stereocenters. The van der Waals surface area contributed by atoms with Gasteiger partial charge >= 0.3 is 0 Å². The third kappa shape index (κ3) is 3.10. The third-order valence-electron chi connectivity index (χ3n) is 2.94. The van der Waals surface area contributed by atoms with Crippen LogP contribution >= 0.6 is 23.2 Å². The molecule has 0 atom stereocenters. The number of hydrogen-bond donors (Lipinski definition) is 1. The summed E-state index contributed by atoms with van der Waals surface area (Å²) in [7, 11) is 0. The Morgan fingerprint density at radius 2 is 1.93 bits per heavy atom. The highest BCUT2D eigenvalue weighted by molar-refractivity contribution is 6.33. The van der Waals surface area contributed by atoms with Crippen LogP contribution in [0.4, 0.5) is 0 Å². The predicted octanol–water partition coefficient (Wildman–Crippen LogP) is 4.03. The Hall–Kier alpha value is -0.240. The monoisotopic (exact) mass is 243 g/mol. The molecule has 0 spiro atoms. The van der Waals surface area contributed by atoms with E-state index in [1.807, 2.05) is 18.2 Å². The lowest BCUT2D eigenvalue weighted by Crippen LogP contribution is -2.25. The van der Waals surface area contributed by atoms with E-state index in [1.54, 1.807) is 0 Å². The Kier molecular flexibility index (Phi) is 3.90. The number of halogens is 2. The second-order valence-corrected chi connectivity index (χ2v) is 4.94. The van der Waals surface area contributed by atoms with Crippen molar-refractivity contribution in [3.05, 3.63) is 33.8 Å². The van der Waals surface area contributed by atoms with Crippen molar-refractivity contribution in [3.63, 3.8) is 0 Å². The molecular weight excluding hydrogens is 229 g/mol. The van der Waals surface area contributed by atoms with Crippen LogP contribution in [0.3, 0.4) is 0 Å². The number of nitrogens with one attached hydrogen (secondary N) is 1. The molecule has 3 heteroatoms. The fraction of sp³-hybridized carbons (Fsp3) is 0.500. The number of hydrogen-bond acceptors (Lipinski definition) is 1. The second-order valence-electron chi connectivity index (χ2n) is 4.10. The molecule has 0 saturated heterocycles. The van der Waals surface area contributed by atoms with Crippen molar-refractivity contribution in [3.8, 4) is 0 Å². The molecule has 1 N–H and O–H groups in total. The zero-order valence-electron chi connectivity index (χ0n) is 8.60. The summed E-state index contributed by atoms with van der Waals surface area (Å²) >= 11 is 12.0. The Bertz CT molecular complexity index is 332. The molecule has 0 radical (unpaired) electrons. The van der Waals surface area contributed by atoms with Crippen LogP contribution in [0, 0.1) is 0 Å². The van der Waals surface area contributed by atoms with Gasteiger partial charge in [-0.25, -0.2) is 0 Å². The molecule has 82 valence electrons. The number of benzene rings is 1. The average Bonchev–Trinajstić information content (AvgIpc) is 2.72. The first-order valence-electron chi connectivity index (χ1n) is 5.43. The Balaban J connectivity index is 1.94. The summed E-state index contributed by atoms with van der Waals surface area (Å²) in [6.45, 7) is 0.823. The molecule has 0 aliphatic heterocycles. The first-order valence-corrected chi connectivity index (χ1v) is 6.18. The van der Waals surface area contributed by atoms with Gasteiger partial charge in [-0.05, 0) is 36.6 Å². The topological polar surface area (TPSA) is 12.0 Å². The van der Waals surface area contributed by atoms with Crippen LogP contribution in [0.2, 0.25) is 10.0 Å². The van der Waals surface area contributed by atoms with Crippen LogP contribution in [-0.2, 0) is 6.54 Å². The molecule has 0 aromatic heterocycles. The SMILES string of the molecule is Clc1ccc(Cl)c(CNC2CCCC2)c1. The van der Waals surface area contributed by atoms with E-state index in [2.05, 4.69) is 5.32 Å². The molecule has 1 saturated carbocycles. The van der Waals surface area contributed by atoms with E-state index in [1.165, 1.54) is 25.7 Å². The Labute approximate surface area is 101 Å². The molecule has 0 bridgehead atoms. The predicted molar refractivity (Wildman–Crippen MR) is 65.6 cm³/mol. The summed E-state index contributed by atoms with van der Waals surface area (Å²) in [5.41, 5.74) is 1.09. The van der Waals surface area contributed by atoms with Crippen molar-refractivity contribution in [2.75, 3.05) is 0 Å². The first kappa shape index (κ1) is 11.3. The lowest BCUT2D eigenvalue weighted by molar-refractivity contribution is 0.524. The van der Waals surface area contributed by atoms with E-state index in [4.69, 9.17) is 23.2 Å². The molecule has 1 aromatic rings. The van der Waals surface area contributed by atoms with Crippen LogP contribution in [0.15, 0.2) is 18.2 Å². The van der Waals surface area contributed by atoms with E-state index in [0.29, 0.717) is 6.04 Å². The molecule has 1 aromatic carbocycles. The van der Waals surface area contributed by atoms with E-state index in [-0.39, 0.29) is 0 Å². The summed E-state index contributed by atoms with van der Waals surface area (Å²) in [5, 5.41) is 5.07. The molecule has 1 fully saturated rings. The van der Waals surface area contributed by atoms with Gasteiger partial charge in [-0.1, -0.05) is 36.0 Å². The van der Waals surface area contributed by atoms with Crippen LogP contribution in [0.1, 0.15) is 31.2 Å². The van der Waals surface area contributed by atoms with E-state index in [0.717, 1.165) is 22.2 Å². The summed E-state index contributed by atoms with van der Waals surface area (Å²) in [5.74, 6) is 0. The molecule has 1 nitrogen and oxygen atoms in total. The Morgan fingerprint density at radius 3 is 2.67 bits per heavy atom. The van der Waals surface area contributed by atoms with Gasteiger partial charge in [0, 0.05) is 22.6 Å². The highest BCUT2D eigenvalue weighted by Crippen LogP contribution is 2.22. The summed E-state index contributed by atoms with van der Waals surface area (Å²) in [6.07, 6.45) is 5.28. The Morgan fingerprint density at radius 1 is 1.20 bits per heavy atom. The van der Waals surface area contributed by atoms with E-state index in [9.17, 15) is 0 Å². The fourth-order valence-electron chi connectivity index (χ4n) is 2.06. The van der Waals surface area contributed by atoms with Gasteiger partial charge in [0.05, 0.1) is 0 Å². The van der Waals surface area contributed by atoms with Crippen molar-refractivity contribution in [2.24, 2.45) is 0 Å². The highest BCUT2D eigenvalue weighted by atomic mass is 35.5. The van der Waals surface area contributed by atoms with Crippen molar-refractivity contribution < 1.29 is 0 Å². The second kappa shape index (κ2) is 5.20. The lowest BCUT2D eigenvalue weighted by atomic mass is 10.2. The minimum atomic E-state index is 0.667. The van der Waals surface area contributed by atoms with Gasteiger partial charge in [0.15, 0.2) is 0 Å². The zero-order chi connectivity index (χ0) is 10.7. The maximum Gasteiger partial charge on any atom is 0.0451 e. The van der Waals surface area contributed by atoms with Crippen molar-refractivity contribution >= 4 is 23.2 Å². The maximum atomic E-state index is 6.08. The van der Waals surface area contributed by atoms with Gasteiger partial charge in [-0.15, -0.1) is 0 Å². The maximum absolute atomic E-state index is 6.08. The molecule has 1 aliphatic rings. The minimum absolute atomic E-state index is 0.667. The van der Waals surface area contributed by atoms with Crippen LogP contribution in [0.25, 0.3) is 0 Å². The van der Waals surface area contributed by atoms with Gasteiger partial charge in [-0.3, -0.25) is 0 Å². The number of rotatable bonds is 3. The van der Waals surface area contributed by atoms with Crippen molar-refractivity contribution in [2.45, 2.75) is 38.3 Å². The standard InChI is InChI=1S/C12H15Cl2N/c13-10-5-6-12(14)9(7-10)8-15-11-3-1-2-4-11/h5-7,11,15H,1-4,8H2. The molecular formula is C12H15Cl2N. The van der Waals surface area contributed by atoms with Crippen molar-refractivity contribution in [1.29, 1.82) is 0 Å². The van der Waals surface area contributed by atoms with E-state index >= 15 is 0 Å². The average molecular weight is 244 g/mol. The third-order valence-corrected chi connectivity index (χ3v) is 3.55. The van der Waals surface area contributed by atoms with Gasteiger partial charge in [0.25, 0.3) is 0 Å².